The van der Waals surface area contributed by atoms with Gasteiger partial charge in [-0.2, -0.15) is 47.2 Å². The molecular weight excluding hydrogens is 934 g/mol. The maximum Gasteiger partial charge on any atom is -0.0809 e. The molecule has 58 heavy (non-hydrogen) atoms. The van der Waals surface area contributed by atoms with E-state index in [9.17, 15) is 0 Å². The van der Waals surface area contributed by atoms with Gasteiger partial charge in [0.05, 0.1) is 0 Å². The third-order valence-electron chi connectivity index (χ3n) is 8.52. The smallest absolute Gasteiger partial charge is 0.0809 e. The second kappa shape index (κ2) is 29.5. The molecule has 6 heteroatoms. The Morgan fingerprint density at radius 2 is 0.672 bits per heavy atom. The van der Waals surface area contributed by atoms with Gasteiger partial charge in [0.25, 0.3) is 0 Å². The van der Waals surface area contributed by atoms with Crippen molar-refractivity contribution in [1.29, 1.82) is 0 Å². The van der Waals surface area contributed by atoms with Crippen molar-refractivity contribution >= 4 is 53.2 Å². The second-order valence-electron chi connectivity index (χ2n) is 12.5. The van der Waals surface area contributed by atoms with E-state index in [4.69, 9.17) is 0 Å². The molecule has 284 valence electrons. The molecule has 0 aromatic heterocycles. The summed E-state index contributed by atoms with van der Waals surface area (Å²) in [6.07, 6.45) is 20.0. The molecule has 0 atom stereocenters. The summed E-state index contributed by atoms with van der Waals surface area (Å²) in [5, 5.41) is 11.4. The van der Waals surface area contributed by atoms with Gasteiger partial charge in [-0.25, -0.2) is 24.3 Å². The Bertz CT molecular complexity index is 2110. The zero-order chi connectivity index (χ0) is 38.9. The van der Waals surface area contributed by atoms with Crippen molar-refractivity contribution < 1.29 is 71.5 Å². The molecule has 8 aromatic carbocycles. The maximum absolute atomic E-state index is 2.99. The molecule has 0 aliphatic heterocycles. The summed E-state index contributed by atoms with van der Waals surface area (Å²) in [5.41, 5.74) is -0.910. The Labute approximate surface area is 388 Å². The first kappa shape index (κ1) is 48.6. The van der Waals surface area contributed by atoms with E-state index >= 15 is 0 Å². The summed E-state index contributed by atoms with van der Waals surface area (Å²) in [7, 11) is 0. The van der Waals surface area contributed by atoms with Gasteiger partial charge in [-0.1, -0.05) is 12.1 Å². The number of allylic oxidation sites excluding steroid dienone is 8. The first-order valence-electron chi connectivity index (χ1n) is 18.7. The number of benzene rings is 6. The minimum atomic E-state index is -0.455. The molecule has 0 radical (unpaired) electrons. The van der Waals surface area contributed by atoms with Crippen LogP contribution in [0.15, 0.2) is 243 Å². The zero-order valence-corrected chi connectivity index (χ0v) is 40.7. The Balaban J connectivity index is 0.000000192. The van der Waals surface area contributed by atoms with Crippen LogP contribution in [0.2, 0.25) is 0 Å². The van der Waals surface area contributed by atoms with Crippen LogP contribution in [0.5, 0.6) is 0 Å². The third kappa shape index (κ3) is 17.6. The Morgan fingerprint density at radius 1 is 0.379 bits per heavy atom. The van der Waals surface area contributed by atoms with Crippen molar-refractivity contribution in [3.8, 4) is 0 Å². The van der Waals surface area contributed by atoms with Gasteiger partial charge < -0.3 is 24.8 Å². The van der Waals surface area contributed by atoms with Gasteiger partial charge in [0, 0.05) is 0 Å². The van der Waals surface area contributed by atoms with Gasteiger partial charge in [0.15, 0.2) is 0 Å². The first-order chi connectivity index (χ1) is 27.7. The van der Waals surface area contributed by atoms with Gasteiger partial charge in [-0.3, -0.25) is 12.2 Å². The number of hydrogen-bond donors (Lipinski definition) is 0. The summed E-state index contributed by atoms with van der Waals surface area (Å²) in [6, 6.07) is 72.7. The van der Waals surface area contributed by atoms with E-state index in [-0.39, 0.29) is 24.8 Å². The minimum absolute atomic E-state index is 0. The Morgan fingerprint density at radius 3 is 0.914 bits per heavy atom. The van der Waals surface area contributed by atoms with Gasteiger partial charge in [0.1, 0.15) is 0 Å². The average Bonchev–Trinajstić information content (AvgIpc) is 4.15. The maximum atomic E-state index is 2.99. The van der Waals surface area contributed by atoms with Crippen LogP contribution in [0.4, 0.5) is 0 Å². The van der Waals surface area contributed by atoms with Crippen molar-refractivity contribution in [2.75, 3.05) is 0 Å². The van der Waals surface area contributed by atoms with Gasteiger partial charge in [-0.15, -0.1) is 72.1 Å². The summed E-state index contributed by atoms with van der Waals surface area (Å²) < 4.78 is 0. The Hall–Kier alpha value is -3.72. The number of rotatable bonds is 4. The molecule has 0 N–H and O–H groups in total. The number of hydrogen-bond acceptors (Lipinski definition) is 0. The van der Waals surface area contributed by atoms with Crippen LogP contribution in [0.3, 0.4) is 0 Å². The fourth-order valence-corrected chi connectivity index (χ4v) is 13.3. The van der Waals surface area contributed by atoms with Crippen molar-refractivity contribution in [2.24, 2.45) is 0 Å². The van der Waals surface area contributed by atoms with E-state index in [1.165, 1.54) is 42.3 Å². The average molecular weight is 978 g/mol. The van der Waals surface area contributed by atoms with Gasteiger partial charge in [0.2, 0.25) is 0 Å². The van der Waals surface area contributed by atoms with Crippen LogP contribution in [0, 0.1) is 12.2 Å². The van der Waals surface area contributed by atoms with E-state index < -0.39 is 10.9 Å². The molecule has 0 amide bonds. The van der Waals surface area contributed by atoms with Gasteiger partial charge >= 0.3 is 200 Å². The molecule has 2 aliphatic carbocycles. The zero-order valence-electron chi connectivity index (χ0n) is 32.3. The van der Waals surface area contributed by atoms with Crippen LogP contribution in [-0.4, -0.2) is 10.9 Å². The summed E-state index contributed by atoms with van der Waals surface area (Å²) in [4.78, 5) is 0. The molecule has 0 unspecified atom stereocenters. The predicted octanol–water partition coefficient (Wildman–Crippen LogP) is 4.41. The van der Waals surface area contributed by atoms with Crippen LogP contribution in [0.25, 0.3) is 21.5 Å². The van der Waals surface area contributed by atoms with Crippen LogP contribution < -0.4 is 45.6 Å². The van der Waals surface area contributed by atoms with Crippen LogP contribution in [-0.2, 0) is 46.7 Å². The number of fused-ring (bicyclic) bond motifs is 2. The molecule has 8 aromatic rings. The molecule has 10 rings (SSSR count). The monoisotopic (exact) mass is 974 g/mol. The van der Waals surface area contributed by atoms with Crippen molar-refractivity contribution in [2.45, 2.75) is 12.8 Å². The van der Waals surface area contributed by atoms with Crippen molar-refractivity contribution in [1.82, 2.24) is 0 Å². The molecular formula is C52H44Cl2Si2Zr2-2. The SMILES string of the molecule is [C-]1=CC=CC1.[C-]1=CC=CC1.[Cl-].[Cl-].[Zr+2]=[Si](c1ccccc1)c1ccccc1.[Zr+2]=[Si](c1ccccc1)c1ccccc1.c1ccc2[cH-]ccc2c1.c1ccc2[cH-]ccc2c1. The molecule has 0 saturated heterocycles. The van der Waals surface area contributed by atoms with Crippen molar-refractivity contribution in [3.05, 3.63) is 255 Å². The van der Waals surface area contributed by atoms with E-state index in [2.05, 4.69) is 231 Å². The van der Waals surface area contributed by atoms with Crippen molar-refractivity contribution in [3.63, 3.8) is 0 Å². The normalized spacial score (nSPS) is 11.0. The molecule has 0 nitrogen and oxygen atoms in total. The summed E-state index contributed by atoms with van der Waals surface area (Å²) >= 11 is 3.29. The van der Waals surface area contributed by atoms with E-state index in [1.54, 1.807) is 46.7 Å². The topological polar surface area (TPSA) is 0 Å². The molecule has 0 bridgehead atoms. The van der Waals surface area contributed by atoms with E-state index in [0.29, 0.717) is 0 Å². The largest absolute Gasteiger partial charge is 0.168 e. The third-order valence-corrected chi connectivity index (χ3v) is 20.7. The molecule has 0 fully saturated rings. The predicted molar refractivity (Wildman–Crippen MR) is 238 cm³/mol. The molecule has 2 aliphatic rings. The summed E-state index contributed by atoms with van der Waals surface area (Å²) in [6.45, 7) is 0. The first-order valence-corrected chi connectivity index (χ1v) is 29.1. The minimum Gasteiger partial charge on any atom is -0.168 e. The van der Waals surface area contributed by atoms with E-state index in [1.807, 2.05) is 24.3 Å². The summed E-state index contributed by atoms with van der Waals surface area (Å²) in [5.74, 6) is 0. The van der Waals surface area contributed by atoms with Crippen LogP contribution >= 0.6 is 0 Å². The van der Waals surface area contributed by atoms with Crippen LogP contribution in [0.1, 0.15) is 12.8 Å². The quantitative estimate of drug-likeness (QED) is 0.181. The fourth-order valence-electron chi connectivity index (χ4n) is 5.57. The molecule has 0 spiro atoms. The van der Waals surface area contributed by atoms with Gasteiger partial charge in [-0.05, 0) is 0 Å². The molecule has 0 heterocycles. The standard InChI is InChI=1S/2C12H10Si.2C9H7.2C5H5.2ClH.2Zr/c2*1-3-7-11(8-4-1)13-12-9-5-2-6-10-12;2*1-2-5-9-7-3-6-8(9)4-1;2*1-2-4-5-3-1;;;;/h2*1-10H;2*1-7H;2*1-3H,4H2;2*1H;;/q;;4*-1;;;2*+2/p-2. The van der Waals surface area contributed by atoms with E-state index in [0.717, 1.165) is 12.8 Å². The Kier molecular flexibility index (Phi) is 24.7. The fraction of sp³-hybridized carbons (Fsp3) is 0.0385. The number of halogens is 2. The second-order valence-corrected chi connectivity index (χ2v) is 23.7. The molecule has 0 saturated carbocycles.